The third-order valence-electron chi connectivity index (χ3n) is 3.69. The second-order valence-corrected chi connectivity index (χ2v) is 5.76. The number of ether oxygens (including phenoxy) is 1. The highest BCUT2D eigenvalue weighted by atomic mass is 19.1. The van der Waals surface area contributed by atoms with Gasteiger partial charge in [-0.25, -0.2) is 9.18 Å². The fraction of sp³-hybridized carbons (Fsp3) is 0.533. The van der Waals surface area contributed by atoms with Crippen molar-refractivity contribution in [3.05, 3.63) is 23.5 Å². The van der Waals surface area contributed by atoms with Gasteiger partial charge in [-0.05, 0) is 51.7 Å². The van der Waals surface area contributed by atoms with Gasteiger partial charge in [0.05, 0.1) is 17.9 Å². The fourth-order valence-corrected chi connectivity index (χ4v) is 2.32. The van der Waals surface area contributed by atoms with Crippen molar-refractivity contribution in [1.82, 2.24) is 0 Å². The quantitative estimate of drug-likeness (QED) is 0.642. The summed E-state index contributed by atoms with van der Waals surface area (Å²) in [5, 5.41) is 3.17. The van der Waals surface area contributed by atoms with E-state index in [2.05, 4.69) is 5.32 Å². The summed E-state index contributed by atoms with van der Waals surface area (Å²) in [7, 11) is 0. The van der Waals surface area contributed by atoms with Crippen LogP contribution in [0.15, 0.2) is 12.1 Å². The zero-order chi connectivity index (χ0) is 14.9. The highest BCUT2D eigenvalue weighted by Crippen LogP contribution is 2.41. The van der Waals surface area contributed by atoms with Crippen LogP contribution < -0.4 is 11.1 Å². The van der Waals surface area contributed by atoms with Crippen LogP contribution in [0.1, 0.15) is 44.0 Å². The van der Waals surface area contributed by atoms with E-state index in [-0.39, 0.29) is 23.4 Å². The van der Waals surface area contributed by atoms with Crippen LogP contribution in [-0.2, 0) is 4.74 Å². The maximum Gasteiger partial charge on any atom is 0.340 e. The van der Waals surface area contributed by atoms with E-state index in [0.717, 1.165) is 18.9 Å². The van der Waals surface area contributed by atoms with Gasteiger partial charge in [0.15, 0.2) is 0 Å². The molecular weight excluding hydrogens is 259 g/mol. The van der Waals surface area contributed by atoms with Gasteiger partial charge in [-0.2, -0.15) is 0 Å². The van der Waals surface area contributed by atoms with E-state index in [9.17, 15) is 9.18 Å². The minimum Gasteiger partial charge on any atom is -0.462 e. The van der Waals surface area contributed by atoms with E-state index in [0.29, 0.717) is 11.6 Å². The van der Waals surface area contributed by atoms with E-state index in [4.69, 9.17) is 10.5 Å². The molecular formula is C15H21FN2O2. The van der Waals surface area contributed by atoms with Crippen molar-refractivity contribution in [1.29, 1.82) is 0 Å². The van der Waals surface area contributed by atoms with Crippen molar-refractivity contribution in [2.45, 2.75) is 39.2 Å². The number of anilines is 2. The number of benzene rings is 1. The molecule has 1 aromatic carbocycles. The molecule has 1 fully saturated rings. The summed E-state index contributed by atoms with van der Waals surface area (Å²) in [5.74, 6) is -0.452. The number of carbonyl (C=O) groups excluding carboxylic acids is 1. The molecule has 1 aliphatic carbocycles. The maximum absolute atomic E-state index is 14.0. The van der Waals surface area contributed by atoms with Gasteiger partial charge in [0.1, 0.15) is 5.82 Å². The van der Waals surface area contributed by atoms with E-state index >= 15 is 0 Å². The van der Waals surface area contributed by atoms with Crippen molar-refractivity contribution >= 4 is 17.3 Å². The lowest BCUT2D eigenvalue weighted by atomic mass is 9.98. The fourth-order valence-electron chi connectivity index (χ4n) is 2.32. The van der Waals surface area contributed by atoms with E-state index in [1.807, 2.05) is 13.8 Å². The van der Waals surface area contributed by atoms with Gasteiger partial charge in [0, 0.05) is 11.2 Å². The minimum atomic E-state index is -0.530. The minimum absolute atomic E-state index is 0.0933. The summed E-state index contributed by atoms with van der Waals surface area (Å²) in [6, 6.07) is 2.60. The zero-order valence-corrected chi connectivity index (χ0v) is 12.1. The number of rotatable bonds is 5. The SMILES string of the molecule is CCOC(=O)c1cc(NC(C)(C)C2CC2)c(F)cc1N. The molecule has 0 bridgehead atoms. The zero-order valence-electron chi connectivity index (χ0n) is 12.1. The lowest BCUT2D eigenvalue weighted by Crippen LogP contribution is -2.33. The smallest absolute Gasteiger partial charge is 0.340 e. The maximum atomic E-state index is 14.0. The molecule has 0 aromatic heterocycles. The van der Waals surface area contributed by atoms with Gasteiger partial charge < -0.3 is 15.8 Å². The molecule has 0 saturated heterocycles. The van der Waals surface area contributed by atoms with Gasteiger partial charge in [0.2, 0.25) is 0 Å². The molecule has 1 saturated carbocycles. The Balaban J connectivity index is 2.28. The van der Waals surface area contributed by atoms with Crippen molar-refractivity contribution in [2.24, 2.45) is 5.92 Å². The highest BCUT2D eigenvalue weighted by molar-refractivity contribution is 5.96. The third kappa shape index (κ3) is 3.03. The highest BCUT2D eigenvalue weighted by Gasteiger charge is 2.38. The first-order chi connectivity index (χ1) is 9.35. The molecule has 0 spiro atoms. The number of carbonyl (C=O) groups is 1. The number of nitrogen functional groups attached to an aromatic ring is 1. The number of nitrogens with two attached hydrogens (primary N) is 1. The standard InChI is InChI=1S/C15H21FN2O2/c1-4-20-14(19)10-7-13(11(16)8-12(10)17)18-15(2,3)9-5-6-9/h7-9,18H,4-6,17H2,1-3H3. The van der Waals surface area contributed by atoms with Gasteiger partial charge in [-0.3, -0.25) is 0 Å². The van der Waals surface area contributed by atoms with Gasteiger partial charge in [0.25, 0.3) is 0 Å². The van der Waals surface area contributed by atoms with Gasteiger partial charge in [-0.15, -0.1) is 0 Å². The monoisotopic (exact) mass is 280 g/mol. The molecule has 0 atom stereocenters. The lowest BCUT2D eigenvalue weighted by molar-refractivity contribution is 0.0527. The summed E-state index contributed by atoms with van der Waals surface area (Å²) >= 11 is 0. The van der Waals surface area contributed by atoms with Crippen LogP contribution in [0.5, 0.6) is 0 Å². The predicted molar refractivity (Wildman–Crippen MR) is 77.2 cm³/mol. The second kappa shape index (κ2) is 5.31. The van der Waals surface area contributed by atoms with Crippen molar-refractivity contribution in [2.75, 3.05) is 17.7 Å². The summed E-state index contributed by atoms with van der Waals surface area (Å²) in [6.45, 7) is 6.04. The molecule has 0 heterocycles. The molecule has 0 aliphatic heterocycles. The largest absolute Gasteiger partial charge is 0.462 e. The molecule has 2 rings (SSSR count). The normalized spacial score (nSPS) is 15.0. The molecule has 4 nitrogen and oxygen atoms in total. The molecule has 0 amide bonds. The number of esters is 1. The Morgan fingerprint density at radius 1 is 1.50 bits per heavy atom. The average molecular weight is 280 g/mol. The third-order valence-corrected chi connectivity index (χ3v) is 3.69. The molecule has 0 radical (unpaired) electrons. The van der Waals surface area contributed by atoms with Crippen LogP contribution in [-0.4, -0.2) is 18.1 Å². The van der Waals surface area contributed by atoms with Crippen LogP contribution >= 0.6 is 0 Å². The molecule has 5 heteroatoms. The Morgan fingerprint density at radius 2 is 2.15 bits per heavy atom. The molecule has 20 heavy (non-hydrogen) atoms. The molecule has 0 unspecified atom stereocenters. The second-order valence-electron chi connectivity index (χ2n) is 5.76. The van der Waals surface area contributed by atoms with Gasteiger partial charge in [-0.1, -0.05) is 0 Å². The number of hydrogen-bond donors (Lipinski definition) is 2. The first kappa shape index (κ1) is 14.6. The van der Waals surface area contributed by atoms with Crippen LogP contribution in [0.3, 0.4) is 0 Å². The number of hydrogen-bond acceptors (Lipinski definition) is 4. The van der Waals surface area contributed by atoms with Crippen LogP contribution in [0, 0.1) is 11.7 Å². The first-order valence-corrected chi connectivity index (χ1v) is 6.89. The van der Waals surface area contributed by atoms with Gasteiger partial charge >= 0.3 is 5.97 Å². The first-order valence-electron chi connectivity index (χ1n) is 6.89. The van der Waals surface area contributed by atoms with E-state index < -0.39 is 11.8 Å². The van der Waals surface area contributed by atoms with Crippen LogP contribution in [0.2, 0.25) is 0 Å². The number of nitrogens with one attached hydrogen (secondary N) is 1. The topological polar surface area (TPSA) is 64.3 Å². The summed E-state index contributed by atoms with van der Waals surface area (Å²) in [4.78, 5) is 11.8. The Morgan fingerprint density at radius 3 is 2.70 bits per heavy atom. The Bertz CT molecular complexity index is 525. The summed E-state index contributed by atoms with van der Waals surface area (Å²) in [6.07, 6.45) is 2.28. The lowest BCUT2D eigenvalue weighted by Gasteiger charge is -2.28. The Kier molecular flexibility index (Phi) is 3.88. The molecule has 1 aliphatic rings. The molecule has 110 valence electrons. The average Bonchev–Trinajstić information content (AvgIpc) is 3.17. The van der Waals surface area contributed by atoms with Crippen molar-refractivity contribution in [3.8, 4) is 0 Å². The van der Waals surface area contributed by atoms with Crippen LogP contribution in [0.4, 0.5) is 15.8 Å². The van der Waals surface area contributed by atoms with Crippen molar-refractivity contribution in [3.63, 3.8) is 0 Å². The number of halogens is 1. The molecule has 3 N–H and O–H groups in total. The van der Waals surface area contributed by atoms with E-state index in [1.165, 1.54) is 6.07 Å². The van der Waals surface area contributed by atoms with Crippen molar-refractivity contribution < 1.29 is 13.9 Å². The molecule has 1 aromatic rings. The summed E-state index contributed by atoms with van der Waals surface area (Å²) < 4.78 is 18.9. The van der Waals surface area contributed by atoms with Crippen LogP contribution in [0.25, 0.3) is 0 Å². The predicted octanol–water partition coefficient (Wildman–Crippen LogP) is 3.19. The summed E-state index contributed by atoms with van der Waals surface area (Å²) in [5.41, 5.74) is 6.06. The Labute approximate surface area is 118 Å². The van der Waals surface area contributed by atoms with E-state index in [1.54, 1.807) is 6.92 Å². The Hall–Kier alpha value is -1.78.